The number of carbonyl (C=O) groups excluding carboxylic acids is 2. The smallest absolute Gasteiger partial charge is 0.306 e. The number of aliphatic hydroxyl groups is 2. The van der Waals surface area contributed by atoms with Crippen LogP contribution in [0, 0.1) is 0 Å². The molecular weight excluding hydrogens is 743 g/mol. The number of unbranched alkanes of at least 4 members (excludes halogenated alkanes) is 10. The molecule has 3 atom stereocenters. The first kappa shape index (κ1) is 56.0. The number of nitrogens with one attached hydrogen (secondary N) is 1. The number of esters is 1. The van der Waals surface area contributed by atoms with Gasteiger partial charge in [0.05, 0.1) is 25.2 Å². The Bertz CT molecular complexity index is 1340. The minimum atomic E-state index is -0.825. The molecule has 0 aromatic carbocycles. The van der Waals surface area contributed by atoms with E-state index in [0.29, 0.717) is 19.3 Å². The van der Waals surface area contributed by atoms with E-state index in [1.165, 1.54) is 38.5 Å². The Morgan fingerprint density at radius 3 is 1.52 bits per heavy atom. The molecule has 0 aliphatic carbocycles. The molecule has 0 aromatic rings. The van der Waals surface area contributed by atoms with Gasteiger partial charge in [-0.15, -0.1) is 0 Å². The molecular formula is C54H85NO5. The van der Waals surface area contributed by atoms with Gasteiger partial charge >= 0.3 is 5.97 Å². The van der Waals surface area contributed by atoms with Gasteiger partial charge in [0.1, 0.15) is 6.10 Å². The number of aliphatic hydroxyl groups excluding tert-OH is 2. The Morgan fingerprint density at radius 2 is 0.983 bits per heavy atom. The Labute approximate surface area is 367 Å². The average Bonchev–Trinajstić information content (AvgIpc) is 3.24. The predicted octanol–water partition coefficient (Wildman–Crippen LogP) is 13.9. The molecule has 0 heterocycles. The second kappa shape index (κ2) is 46.1. The number of hydrogen-bond acceptors (Lipinski definition) is 5. The van der Waals surface area contributed by atoms with E-state index in [9.17, 15) is 19.8 Å². The number of ether oxygens (including phenoxy) is 1. The summed E-state index contributed by atoms with van der Waals surface area (Å²) in [6.45, 7) is 6.14. The average molecular weight is 828 g/mol. The van der Waals surface area contributed by atoms with E-state index in [-0.39, 0.29) is 31.3 Å². The maximum Gasteiger partial charge on any atom is 0.306 e. The van der Waals surface area contributed by atoms with Crippen LogP contribution in [0.4, 0.5) is 0 Å². The summed E-state index contributed by atoms with van der Waals surface area (Å²) in [5.41, 5.74) is 0. The van der Waals surface area contributed by atoms with E-state index in [1.54, 1.807) is 0 Å². The zero-order chi connectivity index (χ0) is 43.8. The Morgan fingerprint density at radius 1 is 0.517 bits per heavy atom. The van der Waals surface area contributed by atoms with Crippen LogP contribution in [0.1, 0.15) is 168 Å². The lowest BCUT2D eigenvalue weighted by atomic mass is 10.0. The zero-order valence-corrected chi connectivity index (χ0v) is 38.0. The second-order valence-corrected chi connectivity index (χ2v) is 15.2. The molecule has 0 radical (unpaired) electrons. The van der Waals surface area contributed by atoms with Gasteiger partial charge in [0.2, 0.25) is 5.91 Å². The molecule has 0 bridgehead atoms. The third-order valence-electron chi connectivity index (χ3n) is 9.64. The number of carbonyl (C=O) groups is 2. The lowest BCUT2D eigenvalue weighted by Crippen LogP contribution is -2.46. The standard InChI is InChI=1S/C54H85NO5/c1-4-7-10-13-16-19-21-23-25-26-28-30-32-35-38-41-44-47-54(59)60-50(45-42-39-36-34-31-29-27-24-22-20-17-14-11-8-5-2)48-53(58)55-51(49-56)52(57)46-43-40-37-33-18-15-12-9-6-3/h7-8,10-11,14,16-17,19-20,22-25,27-31,34-36,38,50-52,56-57H,4-6,9,12-13,15,18,21,26,32-33,37,39-49H2,1-3H3,(H,55,58)/b10-7-,11-8-,17-14+,19-16-,22-20+,25-23-,27-24-,30-28-,31-29+,36-34+,38-35-. The molecule has 336 valence electrons. The van der Waals surface area contributed by atoms with Crippen molar-refractivity contribution in [1.82, 2.24) is 5.32 Å². The van der Waals surface area contributed by atoms with Crippen molar-refractivity contribution in [3.63, 3.8) is 0 Å². The second-order valence-electron chi connectivity index (χ2n) is 15.2. The summed E-state index contributed by atoms with van der Waals surface area (Å²) in [6.07, 6.45) is 65.2. The lowest BCUT2D eigenvalue weighted by molar-refractivity contribution is -0.151. The minimum absolute atomic E-state index is 0.00618. The SMILES string of the molecule is CC\C=C/C=C/C=C/C=C\C=C\C=C\CCCC(CC(=O)NC(CO)C(O)CCCCCCCCCCC)OC(=O)CCC/C=C\C/C=C\C/C=C\C/C=C\C/C=C\CC. The van der Waals surface area contributed by atoms with Crippen molar-refractivity contribution < 1.29 is 24.5 Å². The van der Waals surface area contributed by atoms with Gasteiger partial charge in [-0.2, -0.15) is 0 Å². The van der Waals surface area contributed by atoms with Crippen LogP contribution in [0.3, 0.4) is 0 Å². The van der Waals surface area contributed by atoms with Gasteiger partial charge in [-0.1, -0.05) is 212 Å². The molecule has 0 spiro atoms. The van der Waals surface area contributed by atoms with E-state index in [0.717, 1.165) is 77.0 Å². The molecule has 6 nitrogen and oxygen atoms in total. The molecule has 3 N–H and O–H groups in total. The summed E-state index contributed by atoms with van der Waals surface area (Å²) in [4.78, 5) is 26.0. The highest BCUT2D eigenvalue weighted by Crippen LogP contribution is 2.15. The van der Waals surface area contributed by atoms with Gasteiger partial charge in [-0.25, -0.2) is 0 Å². The Hall–Kier alpha value is -4.00. The third-order valence-corrected chi connectivity index (χ3v) is 9.64. The predicted molar refractivity (Wildman–Crippen MR) is 259 cm³/mol. The largest absolute Gasteiger partial charge is 0.462 e. The van der Waals surface area contributed by atoms with Crippen molar-refractivity contribution in [1.29, 1.82) is 0 Å². The summed E-state index contributed by atoms with van der Waals surface area (Å²) < 4.78 is 5.84. The molecule has 3 unspecified atom stereocenters. The van der Waals surface area contributed by atoms with Gasteiger partial charge in [0, 0.05) is 6.42 Å². The van der Waals surface area contributed by atoms with E-state index < -0.39 is 18.2 Å². The van der Waals surface area contributed by atoms with E-state index in [4.69, 9.17) is 4.74 Å². The molecule has 0 saturated heterocycles. The molecule has 0 aromatic heterocycles. The van der Waals surface area contributed by atoms with Gasteiger partial charge in [0.25, 0.3) is 0 Å². The van der Waals surface area contributed by atoms with Crippen LogP contribution >= 0.6 is 0 Å². The monoisotopic (exact) mass is 828 g/mol. The molecule has 60 heavy (non-hydrogen) atoms. The fourth-order valence-electron chi connectivity index (χ4n) is 6.15. The summed E-state index contributed by atoms with van der Waals surface area (Å²) >= 11 is 0. The maximum absolute atomic E-state index is 13.1. The van der Waals surface area contributed by atoms with Crippen LogP contribution in [0.2, 0.25) is 0 Å². The minimum Gasteiger partial charge on any atom is -0.462 e. The highest BCUT2D eigenvalue weighted by molar-refractivity contribution is 5.77. The first-order valence-electron chi connectivity index (χ1n) is 23.5. The first-order chi connectivity index (χ1) is 29.5. The summed E-state index contributed by atoms with van der Waals surface area (Å²) in [5.74, 6) is -0.638. The third kappa shape index (κ3) is 40.8. The fraction of sp³-hybridized carbons (Fsp3) is 0.556. The molecule has 6 heteroatoms. The zero-order valence-electron chi connectivity index (χ0n) is 38.0. The van der Waals surface area contributed by atoms with Crippen molar-refractivity contribution in [2.45, 2.75) is 187 Å². The van der Waals surface area contributed by atoms with Gasteiger partial charge in [-0.3, -0.25) is 9.59 Å². The summed E-state index contributed by atoms with van der Waals surface area (Å²) in [5, 5.41) is 23.6. The maximum atomic E-state index is 13.1. The van der Waals surface area contributed by atoms with Crippen molar-refractivity contribution in [2.24, 2.45) is 0 Å². The molecule has 1 amide bonds. The van der Waals surface area contributed by atoms with Crippen LogP contribution in [-0.2, 0) is 14.3 Å². The van der Waals surface area contributed by atoms with Crippen molar-refractivity contribution >= 4 is 11.9 Å². The van der Waals surface area contributed by atoms with Gasteiger partial charge in [0.15, 0.2) is 0 Å². The van der Waals surface area contributed by atoms with E-state index >= 15 is 0 Å². The van der Waals surface area contributed by atoms with Crippen molar-refractivity contribution in [3.8, 4) is 0 Å². The molecule has 0 aliphatic rings. The molecule has 0 saturated carbocycles. The topological polar surface area (TPSA) is 95.9 Å². The lowest BCUT2D eigenvalue weighted by Gasteiger charge is -2.24. The van der Waals surface area contributed by atoms with Crippen LogP contribution in [0.25, 0.3) is 0 Å². The summed E-state index contributed by atoms with van der Waals surface area (Å²) in [6, 6.07) is -0.745. The highest BCUT2D eigenvalue weighted by Gasteiger charge is 2.23. The Kier molecular flexibility index (Phi) is 43.0. The normalized spacial score (nSPS) is 14.6. The van der Waals surface area contributed by atoms with Gasteiger partial charge in [-0.05, 0) is 77.0 Å². The number of amides is 1. The van der Waals surface area contributed by atoms with Crippen LogP contribution in [-0.4, -0.2) is 46.9 Å². The van der Waals surface area contributed by atoms with Crippen LogP contribution in [0.5, 0.6) is 0 Å². The molecule has 0 rings (SSSR count). The van der Waals surface area contributed by atoms with Crippen LogP contribution < -0.4 is 5.32 Å². The van der Waals surface area contributed by atoms with E-state index in [1.807, 2.05) is 60.8 Å². The number of rotatable bonds is 39. The number of hydrogen-bond donors (Lipinski definition) is 3. The highest BCUT2D eigenvalue weighted by atomic mass is 16.5. The molecule has 0 aliphatic heterocycles. The quantitative estimate of drug-likeness (QED) is 0.0248. The van der Waals surface area contributed by atoms with Crippen molar-refractivity contribution in [3.05, 3.63) is 134 Å². The summed E-state index contributed by atoms with van der Waals surface area (Å²) in [7, 11) is 0. The fourth-order valence-corrected chi connectivity index (χ4v) is 6.15. The van der Waals surface area contributed by atoms with Gasteiger partial charge < -0.3 is 20.3 Å². The molecule has 0 fully saturated rings. The van der Waals surface area contributed by atoms with Crippen molar-refractivity contribution in [2.75, 3.05) is 6.61 Å². The van der Waals surface area contributed by atoms with Crippen LogP contribution in [0.15, 0.2) is 134 Å². The Balaban J connectivity index is 4.89. The number of allylic oxidation sites excluding steroid dienone is 22. The first-order valence-corrected chi connectivity index (χ1v) is 23.5. The van der Waals surface area contributed by atoms with E-state index in [2.05, 4.69) is 99.0 Å².